The van der Waals surface area contributed by atoms with Crippen molar-refractivity contribution in [1.29, 1.82) is 5.26 Å². The number of hydrogen-bond acceptors (Lipinski definition) is 5. The van der Waals surface area contributed by atoms with Crippen molar-refractivity contribution in [3.63, 3.8) is 0 Å². The van der Waals surface area contributed by atoms with Gasteiger partial charge in [0.1, 0.15) is 17.2 Å². The van der Waals surface area contributed by atoms with Gasteiger partial charge in [-0.3, -0.25) is 9.30 Å². The van der Waals surface area contributed by atoms with Crippen LogP contribution in [0.3, 0.4) is 0 Å². The summed E-state index contributed by atoms with van der Waals surface area (Å²) in [6, 6.07) is 19.1. The Morgan fingerprint density at radius 3 is 2.72 bits per heavy atom. The van der Waals surface area contributed by atoms with Crippen LogP contribution in [0.15, 0.2) is 54.7 Å². The van der Waals surface area contributed by atoms with E-state index < -0.39 is 0 Å². The molecule has 1 aliphatic rings. The van der Waals surface area contributed by atoms with Gasteiger partial charge >= 0.3 is 0 Å². The molecule has 1 saturated heterocycles. The maximum absolute atomic E-state index is 10.1. The molecule has 0 aliphatic carbocycles. The van der Waals surface area contributed by atoms with E-state index in [1.165, 1.54) is 0 Å². The molecule has 4 aromatic rings. The van der Waals surface area contributed by atoms with E-state index in [0.29, 0.717) is 18.2 Å². The van der Waals surface area contributed by atoms with Crippen LogP contribution in [0.1, 0.15) is 17.5 Å². The monoisotopic (exact) mass is 425 g/mol. The average Bonchev–Trinajstić information content (AvgIpc) is 3.44. The molecule has 0 bridgehead atoms. The molecular formula is C26H27N5O. The molecular weight excluding hydrogens is 398 g/mol. The van der Waals surface area contributed by atoms with Gasteiger partial charge in [-0.2, -0.15) is 5.26 Å². The molecule has 6 nitrogen and oxygen atoms in total. The Balaban J connectivity index is 1.81. The zero-order valence-corrected chi connectivity index (χ0v) is 18.5. The molecule has 3 heterocycles. The summed E-state index contributed by atoms with van der Waals surface area (Å²) in [7, 11) is 2.08. The minimum Gasteiger partial charge on any atom is -0.395 e. The molecule has 0 unspecified atom stereocenters. The number of imidazole rings is 1. The van der Waals surface area contributed by atoms with Crippen LogP contribution in [0, 0.1) is 18.3 Å². The molecule has 1 aliphatic heterocycles. The molecule has 32 heavy (non-hydrogen) atoms. The zero-order chi connectivity index (χ0) is 22.2. The molecule has 0 spiro atoms. The number of nitriles is 1. The highest BCUT2D eigenvalue weighted by Gasteiger charge is 2.31. The molecule has 1 fully saturated rings. The molecule has 2 aromatic heterocycles. The van der Waals surface area contributed by atoms with Gasteiger partial charge in [-0.1, -0.05) is 36.4 Å². The molecule has 5 rings (SSSR count). The van der Waals surface area contributed by atoms with Gasteiger partial charge in [0, 0.05) is 37.4 Å². The molecule has 162 valence electrons. The van der Waals surface area contributed by atoms with Crippen molar-refractivity contribution < 1.29 is 5.11 Å². The fourth-order valence-corrected chi connectivity index (χ4v) is 5.04. The van der Waals surface area contributed by atoms with Crippen LogP contribution in [0.2, 0.25) is 0 Å². The van der Waals surface area contributed by atoms with Crippen molar-refractivity contribution in [2.45, 2.75) is 19.4 Å². The molecule has 0 saturated carbocycles. The fraction of sp³-hybridized carbons (Fsp3) is 0.308. The first-order valence-corrected chi connectivity index (χ1v) is 11.1. The largest absolute Gasteiger partial charge is 0.395 e. The predicted molar refractivity (Wildman–Crippen MR) is 128 cm³/mol. The summed E-state index contributed by atoms with van der Waals surface area (Å²) >= 11 is 0. The van der Waals surface area contributed by atoms with Crippen molar-refractivity contribution in [3.05, 3.63) is 65.9 Å². The fourth-order valence-electron chi connectivity index (χ4n) is 5.04. The SMILES string of the molecule is Cc1c(-c2ccccc2)c(N2CC[C@H](N(C)CCO)C2)c2c(nc3ccccn32)c1C#N. The third-order valence-corrected chi connectivity index (χ3v) is 6.71. The van der Waals surface area contributed by atoms with Crippen molar-refractivity contribution >= 4 is 22.4 Å². The summed E-state index contributed by atoms with van der Waals surface area (Å²) in [5.74, 6) is 0. The first-order chi connectivity index (χ1) is 15.6. The van der Waals surface area contributed by atoms with Crippen LogP contribution >= 0.6 is 0 Å². The Hall–Kier alpha value is -3.40. The highest BCUT2D eigenvalue weighted by molar-refractivity contribution is 6.05. The van der Waals surface area contributed by atoms with Gasteiger partial charge in [0.05, 0.1) is 23.4 Å². The Labute approximate surface area is 187 Å². The van der Waals surface area contributed by atoms with E-state index >= 15 is 0 Å². The minimum absolute atomic E-state index is 0.162. The van der Waals surface area contributed by atoms with Crippen LogP contribution < -0.4 is 4.90 Å². The maximum atomic E-state index is 10.1. The number of rotatable bonds is 5. The first-order valence-electron chi connectivity index (χ1n) is 11.1. The average molecular weight is 426 g/mol. The van der Waals surface area contributed by atoms with Crippen molar-refractivity contribution in [2.24, 2.45) is 0 Å². The summed E-state index contributed by atoms with van der Waals surface area (Å²) in [6.45, 7) is 4.66. The number of aromatic nitrogens is 2. The Kier molecular flexibility index (Phi) is 5.30. The summed E-state index contributed by atoms with van der Waals surface area (Å²) < 4.78 is 2.11. The second kappa shape index (κ2) is 8.27. The van der Waals surface area contributed by atoms with Gasteiger partial charge < -0.3 is 10.0 Å². The van der Waals surface area contributed by atoms with Crippen molar-refractivity contribution in [3.8, 4) is 17.2 Å². The first kappa shape index (κ1) is 20.5. The normalized spacial score (nSPS) is 16.3. The van der Waals surface area contributed by atoms with E-state index in [2.05, 4.69) is 39.5 Å². The molecule has 2 aromatic carbocycles. The number of nitrogens with zero attached hydrogens (tertiary/aromatic N) is 5. The van der Waals surface area contributed by atoms with Crippen LogP contribution in [-0.2, 0) is 0 Å². The predicted octanol–water partition coefficient (Wildman–Crippen LogP) is 3.84. The molecule has 1 N–H and O–H groups in total. The number of anilines is 1. The van der Waals surface area contributed by atoms with Crippen molar-refractivity contribution in [1.82, 2.24) is 14.3 Å². The highest BCUT2D eigenvalue weighted by Crippen LogP contribution is 2.44. The summed E-state index contributed by atoms with van der Waals surface area (Å²) in [4.78, 5) is 9.55. The lowest BCUT2D eigenvalue weighted by Gasteiger charge is -2.27. The smallest absolute Gasteiger partial charge is 0.138 e. The molecule has 6 heteroatoms. The Morgan fingerprint density at radius 2 is 1.97 bits per heavy atom. The second-order valence-electron chi connectivity index (χ2n) is 8.53. The second-order valence-corrected chi connectivity index (χ2v) is 8.53. The number of hydrogen-bond donors (Lipinski definition) is 1. The standard InChI is InChI=1S/C26H27N5O/c1-18-21(16-27)24-26(31-12-7-6-10-22(31)28-24)25(23(18)19-8-4-3-5-9-19)30-13-11-20(17-30)29(2)14-15-32/h3-10,12,20,32H,11,13-15,17H2,1-2H3/t20-/m0/s1. The van der Waals surface area contributed by atoms with E-state index in [1.54, 1.807) is 0 Å². The summed E-state index contributed by atoms with van der Waals surface area (Å²) in [6.07, 6.45) is 3.06. The van der Waals surface area contributed by atoms with Gasteiger partial charge in [0.25, 0.3) is 0 Å². The lowest BCUT2D eigenvalue weighted by Crippen LogP contribution is -2.36. The van der Waals surface area contributed by atoms with E-state index in [0.717, 1.165) is 58.6 Å². The summed E-state index contributed by atoms with van der Waals surface area (Å²) in [5, 5.41) is 19.5. The van der Waals surface area contributed by atoms with Crippen molar-refractivity contribution in [2.75, 3.05) is 38.2 Å². The van der Waals surface area contributed by atoms with Crippen LogP contribution in [-0.4, -0.2) is 58.7 Å². The van der Waals surface area contributed by atoms with Gasteiger partial charge in [-0.25, -0.2) is 4.98 Å². The molecule has 0 radical (unpaired) electrons. The molecule has 0 amide bonds. The van der Waals surface area contributed by atoms with Gasteiger partial charge in [0.15, 0.2) is 0 Å². The highest BCUT2D eigenvalue weighted by atomic mass is 16.3. The van der Waals surface area contributed by atoms with Gasteiger partial charge in [-0.05, 0) is 43.7 Å². The van der Waals surface area contributed by atoms with Gasteiger partial charge in [-0.15, -0.1) is 0 Å². The van der Waals surface area contributed by atoms with Crippen LogP contribution in [0.4, 0.5) is 5.69 Å². The van der Waals surface area contributed by atoms with E-state index in [-0.39, 0.29) is 6.61 Å². The lowest BCUT2D eigenvalue weighted by atomic mass is 9.92. The lowest BCUT2D eigenvalue weighted by molar-refractivity contribution is 0.188. The number of pyridine rings is 1. The van der Waals surface area contributed by atoms with E-state index in [9.17, 15) is 10.4 Å². The number of likely N-dealkylation sites (N-methyl/N-ethyl adjacent to an activating group) is 1. The minimum atomic E-state index is 0.162. The number of aliphatic hydroxyl groups is 1. The zero-order valence-electron chi connectivity index (χ0n) is 18.5. The number of benzene rings is 2. The maximum Gasteiger partial charge on any atom is 0.138 e. The third-order valence-electron chi connectivity index (χ3n) is 6.71. The Morgan fingerprint density at radius 1 is 1.19 bits per heavy atom. The molecule has 1 atom stereocenters. The number of aliphatic hydroxyl groups excluding tert-OH is 1. The number of fused-ring (bicyclic) bond motifs is 3. The quantitative estimate of drug-likeness (QED) is 0.526. The van der Waals surface area contributed by atoms with E-state index in [4.69, 9.17) is 4.98 Å². The van der Waals surface area contributed by atoms with E-state index in [1.807, 2.05) is 49.5 Å². The topological polar surface area (TPSA) is 67.8 Å². The Bertz CT molecular complexity index is 1320. The summed E-state index contributed by atoms with van der Waals surface area (Å²) in [5.41, 5.74) is 7.56. The van der Waals surface area contributed by atoms with Crippen LogP contribution in [0.5, 0.6) is 0 Å². The van der Waals surface area contributed by atoms with Crippen LogP contribution in [0.25, 0.3) is 27.8 Å². The third kappa shape index (κ3) is 3.22. The van der Waals surface area contributed by atoms with Gasteiger partial charge in [0.2, 0.25) is 0 Å².